The Morgan fingerprint density at radius 2 is 0.846 bits per heavy atom. The van der Waals surface area contributed by atoms with Crippen LogP contribution in [0.1, 0.15) is 0 Å². The molecule has 0 bridgehead atoms. The number of likely N-dealkylation sites (N-methyl/N-ethyl adjacent to an activating group) is 4. The van der Waals surface area contributed by atoms with Crippen LogP contribution >= 0.6 is 7.87 Å². The van der Waals surface area contributed by atoms with Crippen LogP contribution in [-0.2, 0) is 0 Å². The SMILES string of the molecule is CN1CCN(C)[PH]12N(C)CCN2C. The second-order valence-electron chi connectivity index (χ2n) is 4.29. The summed E-state index contributed by atoms with van der Waals surface area (Å²) in [5, 5.41) is 0. The van der Waals surface area contributed by atoms with Gasteiger partial charge in [-0.15, -0.1) is 0 Å². The molecule has 0 amide bonds. The van der Waals surface area contributed by atoms with Crippen LogP contribution in [0.2, 0.25) is 0 Å². The summed E-state index contributed by atoms with van der Waals surface area (Å²) in [6.07, 6.45) is 0. The number of nitrogens with zero attached hydrogens (tertiary/aromatic N) is 4. The van der Waals surface area contributed by atoms with Crippen molar-refractivity contribution in [3.8, 4) is 0 Å². The van der Waals surface area contributed by atoms with Gasteiger partial charge >= 0.3 is 80.9 Å². The van der Waals surface area contributed by atoms with Crippen molar-refractivity contribution >= 4 is 7.87 Å². The third kappa shape index (κ3) is 1.10. The molecular weight excluding hydrogens is 183 g/mol. The molecule has 0 aromatic heterocycles. The Kier molecular flexibility index (Phi) is 2.37. The molecule has 0 atom stereocenters. The van der Waals surface area contributed by atoms with E-state index < -0.39 is 7.87 Å². The Labute approximate surface area is 81.6 Å². The molecule has 0 saturated carbocycles. The monoisotopic (exact) mass is 204 g/mol. The molecule has 5 heteroatoms. The maximum absolute atomic E-state index is 2.57. The Morgan fingerprint density at radius 1 is 0.615 bits per heavy atom. The zero-order chi connectivity index (χ0) is 9.64. The van der Waals surface area contributed by atoms with Crippen LogP contribution < -0.4 is 0 Å². The number of rotatable bonds is 0. The van der Waals surface area contributed by atoms with E-state index in [1.165, 1.54) is 26.2 Å². The minimum absolute atomic E-state index is 1.22. The van der Waals surface area contributed by atoms with Crippen LogP contribution in [0.3, 0.4) is 0 Å². The first-order valence-corrected chi connectivity index (χ1v) is 6.74. The first-order valence-electron chi connectivity index (χ1n) is 4.95. The van der Waals surface area contributed by atoms with E-state index in [-0.39, 0.29) is 0 Å². The predicted molar refractivity (Wildman–Crippen MR) is 58.8 cm³/mol. The molecule has 2 fully saturated rings. The molecule has 2 rings (SSSR count). The molecule has 0 radical (unpaired) electrons. The first-order chi connectivity index (χ1) is 6.10. The van der Waals surface area contributed by atoms with Gasteiger partial charge in [-0.05, 0) is 0 Å². The summed E-state index contributed by atoms with van der Waals surface area (Å²) in [5.74, 6) is 0. The van der Waals surface area contributed by atoms with Crippen LogP contribution in [0.25, 0.3) is 0 Å². The zero-order valence-electron chi connectivity index (χ0n) is 9.12. The van der Waals surface area contributed by atoms with Gasteiger partial charge in [0, 0.05) is 0 Å². The van der Waals surface area contributed by atoms with Crippen molar-refractivity contribution in [3.05, 3.63) is 0 Å². The predicted octanol–water partition coefficient (Wildman–Crippen LogP) is 0.151. The Hall–Kier alpha value is 0.270. The van der Waals surface area contributed by atoms with E-state index in [2.05, 4.69) is 46.9 Å². The van der Waals surface area contributed by atoms with Crippen LogP contribution in [-0.4, -0.2) is 73.1 Å². The molecule has 78 valence electrons. The van der Waals surface area contributed by atoms with Crippen LogP contribution in [0.5, 0.6) is 0 Å². The Balaban J connectivity index is 2.34. The molecular formula is C8H21N4P. The third-order valence-electron chi connectivity index (χ3n) is 3.59. The van der Waals surface area contributed by atoms with Crippen LogP contribution in [0.15, 0.2) is 0 Å². The summed E-state index contributed by atoms with van der Waals surface area (Å²) in [7, 11) is 7.54. The van der Waals surface area contributed by atoms with Crippen LogP contribution in [0.4, 0.5) is 0 Å². The van der Waals surface area contributed by atoms with Gasteiger partial charge < -0.3 is 0 Å². The van der Waals surface area contributed by atoms with E-state index in [4.69, 9.17) is 0 Å². The topological polar surface area (TPSA) is 13.0 Å². The Morgan fingerprint density at radius 3 is 1.08 bits per heavy atom. The summed E-state index contributed by atoms with van der Waals surface area (Å²) in [6.45, 7) is 4.88. The summed E-state index contributed by atoms with van der Waals surface area (Å²) < 4.78 is 10.3. The maximum atomic E-state index is 2.57. The van der Waals surface area contributed by atoms with Crippen molar-refractivity contribution in [2.45, 2.75) is 0 Å². The summed E-state index contributed by atoms with van der Waals surface area (Å²) >= 11 is 0. The van der Waals surface area contributed by atoms with Crippen molar-refractivity contribution < 1.29 is 0 Å². The summed E-state index contributed by atoms with van der Waals surface area (Å²) in [6, 6.07) is 0. The fourth-order valence-corrected chi connectivity index (χ4v) is 8.05. The molecule has 2 aliphatic heterocycles. The van der Waals surface area contributed by atoms with E-state index in [9.17, 15) is 0 Å². The molecule has 0 aromatic carbocycles. The molecule has 0 unspecified atom stereocenters. The van der Waals surface area contributed by atoms with Gasteiger partial charge in [0.15, 0.2) is 0 Å². The Bertz CT molecular complexity index is 165. The molecule has 2 heterocycles. The van der Waals surface area contributed by atoms with E-state index in [1.807, 2.05) is 0 Å². The number of hydrogen-bond donors (Lipinski definition) is 0. The molecule has 2 saturated heterocycles. The van der Waals surface area contributed by atoms with Gasteiger partial charge in [0.1, 0.15) is 0 Å². The van der Waals surface area contributed by atoms with E-state index >= 15 is 0 Å². The average Bonchev–Trinajstić information content (AvgIpc) is 2.53. The van der Waals surface area contributed by atoms with Crippen molar-refractivity contribution in [2.75, 3.05) is 54.4 Å². The standard InChI is InChI=1S/C8H21N4P/c1-9-5-6-10(2)13(9)11(3)7-8-12(13)4/h13H,5-8H2,1-4H3. The third-order valence-corrected chi connectivity index (χ3v) is 8.58. The van der Waals surface area contributed by atoms with Gasteiger partial charge in [0.25, 0.3) is 0 Å². The quantitative estimate of drug-likeness (QED) is 0.521. The van der Waals surface area contributed by atoms with Gasteiger partial charge in [-0.1, -0.05) is 0 Å². The van der Waals surface area contributed by atoms with Crippen molar-refractivity contribution in [3.63, 3.8) is 0 Å². The van der Waals surface area contributed by atoms with Crippen molar-refractivity contribution in [1.82, 2.24) is 18.7 Å². The molecule has 4 nitrogen and oxygen atoms in total. The fraction of sp³-hybridized carbons (Fsp3) is 1.00. The van der Waals surface area contributed by atoms with Gasteiger partial charge in [-0.25, -0.2) is 0 Å². The van der Waals surface area contributed by atoms with Gasteiger partial charge in [0.2, 0.25) is 0 Å². The van der Waals surface area contributed by atoms with Gasteiger partial charge in [-0.3, -0.25) is 0 Å². The van der Waals surface area contributed by atoms with Gasteiger partial charge in [0.05, 0.1) is 0 Å². The molecule has 2 aliphatic rings. The van der Waals surface area contributed by atoms with E-state index in [1.54, 1.807) is 0 Å². The van der Waals surface area contributed by atoms with Crippen molar-refractivity contribution in [2.24, 2.45) is 0 Å². The molecule has 0 N–H and O–H groups in total. The van der Waals surface area contributed by atoms with Crippen molar-refractivity contribution in [1.29, 1.82) is 0 Å². The fourth-order valence-electron chi connectivity index (χ4n) is 2.95. The van der Waals surface area contributed by atoms with Crippen LogP contribution in [0, 0.1) is 0 Å². The first kappa shape index (κ1) is 9.81. The summed E-state index contributed by atoms with van der Waals surface area (Å²) in [4.78, 5) is 0. The summed E-state index contributed by atoms with van der Waals surface area (Å²) in [5.41, 5.74) is 0. The average molecular weight is 204 g/mol. The normalized spacial score (nSPS) is 34.8. The molecule has 0 aromatic rings. The second kappa shape index (κ2) is 3.14. The van der Waals surface area contributed by atoms with E-state index in [0.717, 1.165) is 0 Å². The second-order valence-corrected chi connectivity index (χ2v) is 8.54. The molecule has 1 spiro atoms. The zero-order valence-corrected chi connectivity index (χ0v) is 10.1. The number of hydrogen-bond acceptors (Lipinski definition) is 4. The minimum atomic E-state index is -1.55. The van der Waals surface area contributed by atoms with E-state index in [0.29, 0.717) is 0 Å². The molecule has 13 heavy (non-hydrogen) atoms. The van der Waals surface area contributed by atoms with Gasteiger partial charge in [-0.2, -0.15) is 0 Å². The molecule has 0 aliphatic carbocycles.